The third kappa shape index (κ3) is 3.08. The van der Waals surface area contributed by atoms with Gasteiger partial charge in [0.25, 0.3) is 23.2 Å². The number of likely N-dealkylation sites (tertiary alicyclic amines) is 1. The molecule has 0 N–H and O–H groups in total. The van der Waals surface area contributed by atoms with Gasteiger partial charge in [-0.1, -0.05) is 0 Å². The molecule has 0 saturated carbocycles. The van der Waals surface area contributed by atoms with Gasteiger partial charge in [0, 0.05) is 38.6 Å². The minimum Gasteiger partial charge on any atom is -0.477 e. The summed E-state index contributed by atoms with van der Waals surface area (Å²) in [6.45, 7) is 0.904. The second-order valence-corrected chi connectivity index (χ2v) is 5.49. The average molecular weight is 330 g/mol. The zero-order valence-corrected chi connectivity index (χ0v) is 13.5. The SMILES string of the molecule is COc1nccnc1O[C@@H]1CCN(C(=O)c2cccn(C)c2=O)C1. The van der Waals surface area contributed by atoms with Crippen molar-refractivity contribution < 1.29 is 14.3 Å². The molecule has 1 aliphatic heterocycles. The first kappa shape index (κ1) is 16.0. The topological polar surface area (TPSA) is 86.6 Å². The van der Waals surface area contributed by atoms with Crippen molar-refractivity contribution >= 4 is 5.91 Å². The first-order chi connectivity index (χ1) is 11.6. The number of hydrogen-bond donors (Lipinski definition) is 0. The lowest BCUT2D eigenvalue weighted by Crippen LogP contribution is -2.35. The van der Waals surface area contributed by atoms with Crippen LogP contribution >= 0.6 is 0 Å². The number of hydrogen-bond acceptors (Lipinski definition) is 6. The lowest BCUT2D eigenvalue weighted by Gasteiger charge is -2.17. The predicted molar refractivity (Wildman–Crippen MR) is 85.2 cm³/mol. The Morgan fingerprint density at radius 3 is 2.79 bits per heavy atom. The number of ether oxygens (including phenoxy) is 2. The molecule has 1 fully saturated rings. The summed E-state index contributed by atoms with van der Waals surface area (Å²) in [7, 11) is 3.11. The number of amides is 1. The molecule has 0 aromatic carbocycles. The molecule has 24 heavy (non-hydrogen) atoms. The number of carbonyl (C=O) groups is 1. The summed E-state index contributed by atoms with van der Waals surface area (Å²) < 4.78 is 12.3. The van der Waals surface area contributed by atoms with E-state index in [4.69, 9.17) is 9.47 Å². The summed E-state index contributed by atoms with van der Waals surface area (Å²) in [5, 5.41) is 0. The van der Waals surface area contributed by atoms with Crippen molar-refractivity contribution in [3.63, 3.8) is 0 Å². The van der Waals surface area contributed by atoms with Crippen LogP contribution in [0.15, 0.2) is 35.5 Å². The summed E-state index contributed by atoms with van der Waals surface area (Å²) in [6.07, 6.45) is 5.09. The highest BCUT2D eigenvalue weighted by Crippen LogP contribution is 2.24. The van der Waals surface area contributed by atoms with E-state index in [9.17, 15) is 9.59 Å². The molecule has 3 rings (SSSR count). The highest BCUT2D eigenvalue weighted by molar-refractivity contribution is 5.94. The third-order valence-corrected chi connectivity index (χ3v) is 3.89. The summed E-state index contributed by atoms with van der Waals surface area (Å²) in [5.74, 6) is 0.322. The van der Waals surface area contributed by atoms with Crippen LogP contribution in [0.25, 0.3) is 0 Å². The van der Waals surface area contributed by atoms with E-state index in [1.807, 2.05) is 0 Å². The molecule has 3 heterocycles. The molecule has 1 amide bonds. The molecule has 0 radical (unpaired) electrons. The quantitative estimate of drug-likeness (QED) is 0.810. The van der Waals surface area contributed by atoms with Crippen LogP contribution < -0.4 is 15.0 Å². The first-order valence-electron chi connectivity index (χ1n) is 7.56. The van der Waals surface area contributed by atoms with Crippen LogP contribution in [0.2, 0.25) is 0 Å². The molecule has 1 aliphatic rings. The lowest BCUT2D eigenvalue weighted by molar-refractivity contribution is 0.0768. The number of aryl methyl sites for hydroxylation is 1. The smallest absolute Gasteiger partial charge is 0.278 e. The van der Waals surface area contributed by atoms with E-state index in [1.54, 1.807) is 30.3 Å². The Balaban J connectivity index is 1.70. The Hall–Kier alpha value is -2.90. The van der Waals surface area contributed by atoms with Gasteiger partial charge in [0.2, 0.25) is 0 Å². The molecule has 2 aromatic rings. The van der Waals surface area contributed by atoms with Crippen LogP contribution in [-0.4, -0.2) is 51.6 Å². The monoisotopic (exact) mass is 330 g/mol. The van der Waals surface area contributed by atoms with E-state index in [2.05, 4.69) is 9.97 Å². The number of nitrogens with zero attached hydrogens (tertiary/aromatic N) is 4. The number of aromatic nitrogens is 3. The molecule has 8 heteroatoms. The zero-order chi connectivity index (χ0) is 17.1. The largest absolute Gasteiger partial charge is 0.477 e. The van der Waals surface area contributed by atoms with Crippen LogP contribution in [0.5, 0.6) is 11.8 Å². The normalized spacial score (nSPS) is 16.9. The van der Waals surface area contributed by atoms with Crippen LogP contribution in [0.3, 0.4) is 0 Å². The summed E-state index contributed by atoms with van der Waals surface area (Å²) >= 11 is 0. The Labute approximate surface area is 138 Å². The van der Waals surface area contributed by atoms with Gasteiger partial charge >= 0.3 is 0 Å². The van der Waals surface area contributed by atoms with Gasteiger partial charge in [-0.15, -0.1) is 0 Å². The zero-order valence-electron chi connectivity index (χ0n) is 13.5. The van der Waals surface area contributed by atoms with Crippen molar-refractivity contribution in [1.29, 1.82) is 0 Å². The van der Waals surface area contributed by atoms with Gasteiger partial charge < -0.3 is 18.9 Å². The fourth-order valence-corrected chi connectivity index (χ4v) is 2.63. The standard InChI is InChI=1S/C16H18N4O4/c1-19-8-3-4-12(15(19)21)16(22)20-9-5-11(10-20)24-14-13(23-2)17-6-7-18-14/h3-4,6-8,11H,5,9-10H2,1-2H3/t11-/m1/s1. The maximum Gasteiger partial charge on any atom is 0.278 e. The Morgan fingerprint density at radius 2 is 2.04 bits per heavy atom. The lowest BCUT2D eigenvalue weighted by atomic mass is 10.2. The molecule has 1 atom stereocenters. The van der Waals surface area contributed by atoms with E-state index in [0.717, 1.165) is 0 Å². The average Bonchev–Trinajstić information content (AvgIpc) is 3.06. The highest BCUT2D eigenvalue weighted by atomic mass is 16.5. The number of rotatable bonds is 4. The van der Waals surface area contributed by atoms with E-state index < -0.39 is 0 Å². The highest BCUT2D eigenvalue weighted by Gasteiger charge is 2.30. The molecule has 126 valence electrons. The molecule has 0 aliphatic carbocycles. The van der Waals surface area contributed by atoms with Crippen molar-refractivity contribution in [1.82, 2.24) is 19.4 Å². The van der Waals surface area contributed by atoms with Gasteiger partial charge in [-0.05, 0) is 12.1 Å². The molecular weight excluding hydrogens is 312 g/mol. The third-order valence-electron chi connectivity index (χ3n) is 3.89. The minimum atomic E-state index is -0.303. The summed E-state index contributed by atoms with van der Waals surface area (Å²) in [6, 6.07) is 3.23. The Kier molecular flexibility index (Phi) is 4.45. The molecule has 1 saturated heterocycles. The maximum absolute atomic E-state index is 12.5. The fraction of sp³-hybridized carbons (Fsp3) is 0.375. The van der Waals surface area contributed by atoms with Crippen molar-refractivity contribution in [3.8, 4) is 11.8 Å². The van der Waals surface area contributed by atoms with Crippen molar-refractivity contribution in [3.05, 3.63) is 46.6 Å². The van der Waals surface area contributed by atoms with Crippen molar-refractivity contribution in [2.24, 2.45) is 7.05 Å². The molecule has 8 nitrogen and oxygen atoms in total. The number of carbonyl (C=O) groups excluding carboxylic acids is 1. The van der Waals surface area contributed by atoms with Gasteiger partial charge in [0.1, 0.15) is 11.7 Å². The van der Waals surface area contributed by atoms with Gasteiger partial charge in [-0.3, -0.25) is 9.59 Å². The second kappa shape index (κ2) is 6.69. The molecule has 0 bridgehead atoms. The Bertz CT molecular complexity index is 805. The Morgan fingerprint density at radius 1 is 1.29 bits per heavy atom. The maximum atomic E-state index is 12.5. The fourth-order valence-electron chi connectivity index (χ4n) is 2.63. The molecule has 0 spiro atoms. The van der Waals surface area contributed by atoms with E-state index >= 15 is 0 Å². The van der Waals surface area contributed by atoms with E-state index in [0.29, 0.717) is 31.3 Å². The van der Waals surface area contributed by atoms with Gasteiger partial charge in [0.05, 0.1) is 13.7 Å². The molecule has 2 aromatic heterocycles. The van der Waals surface area contributed by atoms with E-state index in [-0.39, 0.29) is 23.1 Å². The summed E-state index contributed by atoms with van der Waals surface area (Å²) in [4.78, 5) is 34.4. The van der Waals surface area contributed by atoms with Crippen LogP contribution in [0.4, 0.5) is 0 Å². The van der Waals surface area contributed by atoms with Gasteiger partial charge in [-0.25, -0.2) is 9.97 Å². The van der Waals surface area contributed by atoms with E-state index in [1.165, 1.54) is 24.1 Å². The van der Waals surface area contributed by atoms with Gasteiger partial charge in [-0.2, -0.15) is 0 Å². The second-order valence-electron chi connectivity index (χ2n) is 5.49. The summed E-state index contributed by atoms with van der Waals surface area (Å²) in [5.41, 5.74) is -0.139. The predicted octanol–water partition coefficient (Wildman–Crippen LogP) is 0.477. The minimum absolute atomic E-state index is 0.165. The van der Waals surface area contributed by atoms with Crippen LogP contribution in [-0.2, 0) is 7.05 Å². The number of pyridine rings is 1. The van der Waals surface area contributed by atoms with Crippen molar-refractivity contribution in [2.45, 2.75) is 12.5 Å². The van der Waals surface area contributed by atoms with Crippen molar-refractivity contribution in [2.75, 3.05) is 20.2 Å². The van der Waals surface area contributed by atoms with Gasteiger partial charge in [0.15, 0.2) is 0 Å². The van der Waals surface area contributed by atoms with Crippen LogP contribution in [0.1, 0.15) is 16.8 Å². The molecule has 0 unspecified atom stereocenters. The number of methoxy groups -OCH3 is 1. The van der Waals surface area contributed by atoms with Crippen LogP contribution in [0, 0.1) is 0 Å². The first-order valence-corrected chi connectivity index (χ1v) is 7.56. The molecular formula is C16H18N4O4.